The first-order valence-electron chi connectivity index (χ1n) is 15.1. The van der Waals surface area contributed by atoms with E-state index in [2.05, 4.69) is 16.0 Å². The Hall–Kier alpha value is -3.27. The van der Waals surface area contributed by atoms with Gasteiger partial charge in [-0.15, -0.1) is 0 Å². The highest BCUT2D eigenvalue weighted by atomic mass is 16.6. The Kier molecular flexibility index (Phi) is 10.9. The standard InChI is InChI=1S/C31H44N4O6/c1-20(2)17-24-31(40)35-16-10-9-14-25(35)30(39)32-22(13-7-4-8-15-26(36)27-19-41-27)28(37)33-23(29(38)34-24)18-21-11-5-3-6-12-21/h3,5-6,11-12,20,22-25,27H,4,7-10,13-19H2,1-2H3,(H,32,39)(H,33,37)(H,34,38)/t22-,23+,24-,25-,27-/m0/s1. The van der Waals surface area contributed by atoms with Gasteiger partial charge in [-0.05, 0) is 50.0 Å². The molecule has 1 aromatic carbocycles. The summed E-state index contributed by atoms with van der Waals surface area (Å²) >= 11 is 0. The third-order valence-electron chi connectivity index (χ3n) is 8.07. The number of nitrogens with zero attached hydrogens (tertiary/aromatic N) is 1. The quantitative estimate of drug-likeness (QED) is 0.276. The minimum absolute atomic E-state index is 0.106. The summed E-state index contributed by atoms with van der Waals surface area (Å²) in [6, 6.07) is 6.14. The number of hydrogen-bond donors (Lipinski definition) is 3. The Balaban J connectivity index is 1.54. The van der Waals surface area contributed by atoms with Crippen LogP contribution < -0.4 is 16.0 Å². The Morgan fingerprint density at radius 2 is 1.59 bits per heavy atom. The van der Waals surface area contributed by atoms with Crippen molar-refractivity contribution in [2.24, 2.45) is 5.92 Å². The Labute approximate surface area is 242 Å². The van der Waals surface area contributed by atoms with Gasteiger partial charge in [-0.2, -0.15) is 0 Å². The molecule has 0 radical (unpaired) electrons. The van der Waals surface area contributed by atoms with Gasteiger partial charge in [-0.25, -0.2) is 0 Å². The molecular formula is C31H44N4O6. The number of hydrogen-bond acceptors (Lipinski definition) is 6. The highest BCUT2D eigenvalue weighted by Crippen LogP contribution is 2.22. The highest BCUT2D eigenvalue weighted by Gasteiger charge is 2.39. The number of benzene rings is 1. The number of nitrogens with one attached hydrogen (secondary N) is 3. The number of rotatable bonds is 11. The van der Waals surface area contributed by atoms with Crippen molar-refractivity contribution in [3.63, 3.8) is 0 Å². The van der Waals surface area contributed by atoms with Crippen LogP contribution in [0.1, 0.15) is 77.2 Å². The van der Waals surface area contributed by atoms with Crippen LogP contribution in [0.25, 0.3) is 0 Å². The van der Waals surface area contributed by atoms with E-state index in [1.807, 2.05) is 44.2 Å². The number of Topliss-reactive ketones (excluding diaryl/α,β-unsaturated/α-hetero) is 1. The Morgan fingerprint density at radius 1 is 0.902 bits per heavy atom. The maximum atomic E-state index is 13.8. The molecule has 224 valence electrons. The van der Waals surface area contributed by atoms with Crippen LogP contribution in [0.4, 0.5) is 0 Å². The van der Waals surface area contributed by atoms with Crippen LogP contribution in [0.2, 0.25) is 0 Å². The number of carbonyl (C=O) groups excluding carboxylic acids is 5. The molecule has 3 aliphatic rings. The van der Waals surface area contributed by atoms with E-state index in [4.69, 9.17) is 4.74 Å². The molecule has 0 aromatic heterocycles. The molecule has 3 heterocycles. The van der Waals surface area contributed by atoms with Gasteiger partial charge in [0.15, 0.2) is 5.78 Å². The second-order valence-electron chi connectivity index (χ2n) is 11.9. The van der Waals surface area contributed by atoms with E-state index in [9.17, 15) is 24.0 Å². The fourth-order valence-electron chi connectivity index (χ4n) is 5.72. The normalized spacial score (nSPS) is 27.2. The molecule has 4 rings (SSSR count). The van der Waals surface area contributed by atoms with E-state index in [1.165, 1.54) is 0 Å². The molecule has 10 heteroatoms. The molecule has 10 nitrogen and oxygen atoms in total. The smallest absolute Gasteiger partial charge is 0.245 e. The summed E-state index contributed by atoms with van der Waals surface area (Å²) in [5.41, 5.74) is 0.868. The van der Waals surface area contributed by atoms with Gasteiger partial charge < -0.3 is 25.6 Å². The second kappa shape index (κ2) is 14.6. The lowest BCUT2D eigenvalue weighted by Crippen LogP contribution is -2.63. The summed E-state index contributed by atoms with van der Waals surface area (Å²) in [4.78, 5) is 68.1. The fraction of sp³-hybridized carbons (Fsp3) is 0.645. The van der Waals surface area contributed by atoms with Crippen LogP contribution in [0, 0.1) is 5.92 Å². The zero-order valence-corrected chi connectivity index (χ0v) is 24.2. The third-order valence-corrected chi connectivity index (χ3v) is 8.07. The van der Waals surface area contributed by atoms with Crippen molar-refractivity contribution in [3.05, 3.63) is 35.9 Å². The molecule has 3 fully saturated rings. The number of amides is 4. The molecule has 41 heavy (non-hydrogen) atoms. The maximum Gasteiger partial charge on any atom is 0.245 e. The average molecular weight is 569 g/mol. The lowest BCUT2D eigenvalue weighted by molar-refractivity contribution is -0.147. The largest absolute Gasteiger partial charge is 0.365 e. The lowest BCUT2D eigenvalue weighted by atomic mass is 9.95. The van der Waals surface area contributed by atoms with Crippen molar-refractivity contribution >= 4 is 29.4 Å². The topological polar surface area (TPSA) is 137 Å². The summed E-state index contributed by atoms with van der Waals surface area (Å²) in [7, 11) is 0. The molecule has 0 aliphatic carbocycles. The van der Waals surface area contributed by atoms with E-state index >= 15 is 0 Å². The molecule has 0 saturated carbocycles. The summed E-state index contributed by atoms with van der Waals surface area (Å²) in [6.45, 7) is 4.91. The van der Waals surface area contributed by atoms with Gasteiger partial charge in [0, 0.05) is 19.4 Å². The summed E-state index contributed by atoms with van der Waals surface area (Å²) in [5.74, 6) is -1.19. The van der Waals surface area contributed by atoms with Crippen molar-refractivity contribution in [2.75, 3.05) is 13.2 Å². The van der Waals surface area contributed by atoms with Crippen LogP contribution in [0.3, 0.4) is 0 Å². The molecule has 0 unspecified atom stereocenters. The van der Waals surface area contributed by atoms with Crippen molar-refractivity contribution in [3.8, 4) is 0 Å². The monoisotopic (exact) mass is 568 g/mol. The zero-order chi connectivity index (χ0) is 29.4. The number of epoxide rings is 1. The minimum Gasteiger partial charge on any atom is -0.365 e. The number of carbonyl (C=O) groups is 5. The van der Waals surface area contributed by atoms with Gasteiger partial charge in [0.25, 0.3) is 0 Å². The number of fused-ring (bicyclic) bond motifs is 1. The van der Waals surface area contributed by atoms with E-state index < -0.39 is 36.0 Å². The van der Waals surface area contributed by atoms with Crippen molar-refractivity contribution in [2.45, 2.75) is 108 Å². The van der Waals surface area contributed by atoms with Crippen LogP contribution in [0.5, 0.6) is 0 Å². The molecule has 3 aliphatic heterocycles. The predicted molar refractivity (Wildman–Crippen MR) is 153 cm³/mol. The van der Waals surface area contributed by atoms with Gasteiger partial charge >= 0.3 is 0 Å². The van der Waals surface area contributed by atoms with Crippen molar-refractivity contribution < 1.29 is 28.7 Å². The summed E-state index contributed by atoms with van der Waals surface area (Å²) in [6.07, 6.45) is 5.34. The molecule has 3 saturated heterocycles. The number of unbranched alkanes of at least 4 members (excludes halogenated alkanes) is 2. The van der Waals surface area contributed by atoms with Gasteiger partial charge in [-0.3, -0.25) is 24.0 Å². The van der Waals surface area contributed by atoms with Gasteiger partial charge in [0.2, 0.25) is 23.6 Å². The van der Waals surface area contributed by atoms with Crippen LogP contribution in [-0.4, -0.2) is 77.7 Å². The first kappa shape index (κ1) is 30.7. The fourth-order valence-corrected chi connectivity index (χ4v) is 5.72. The Morgan fingerprint density at radius 3 is 2.29 bits per heavy atom. The van der Waals surface area contributed by atoms with E-state index in [0.29, 0.717) is 51.7 Å². The third kappa shape index (κ3) is 8.86. The molecule has 5 atom stereocenters. The second-order valence-corrected chi connectivity index (χ2v) is 11.9. The molecule has 0 bridgehead atoms. The first-order valence-corrected chi connectivity index (χ1v) is 15.1. The molecule has 4 amide bonds. The number of ketones is 1. The van der Waals surface area contributed by atoms with E-state index in [1.54, 1.807) is 4.90 Å². The molecule has 1 aromatic rings. The van der Waals surface area contributed by atoms with Gasteiger partial charge in [-0.1, -0.05) is 57.0 Å². The van der Waals surface area contributed by atoms with Gasteiger partial charge in [0.05, 0.1) is 6.61 Å². The SMILES string of the molecule is CC(C)C[C@@H]1NC(=O)[C@@H](Cc2ccccc2)NC(=O)[C@H](CCCCCC(=O)[C@@H]2CO2)NC(=O)[C@@H]2CCCCN2C1=O. The Bertz CT molecular complexity index is 1090. The minimum atomic E-state index is -0.917. The zero-order valence-electron chi connectivity index (χ0n) is 24.2. The van der Waals surface area contributed by atoms with E-state index in [0.717, 1.165) is 24.8 Å². The van der Waals surface area contributed by atoms with Crippen molar-refractivity contribution in [1.29, 1.82) is 0 Å². The predicted octanol–water partition coefficient (Wildman–Crippen LogP) is 2.04. The van der Waals surface area contributed by atoms with E-state index in [-0.39, 0.29) is 36.0 Å². The molecular weight excluding hydrogens is 524 g/mol. The van der Waals surface area contributed by atoms with Crippen molar-refractivity contribution in [1.82, 2.24) is 20.9 Å². The number of ether oxygens (including phenoxy) is 1. The van der Waals surface area contributed by atoms with Gasteiger partial charge in [0.1, 0.15) is 30.3 Å². The highest BCUT2D eigenvalue weighted by molar-refractivity contribution is 5.97. The molecule has 0 spiro atoms. The summed E-state index contributed by atoms with van der Waals surface area (Å²) < 4.78 is 5.04. The number of piperidine rings is 1. The van der Waals surface area contributed by atoms with Crippen LogP contribution in [-0.2, 0) is 35.1 Å². The maximum absolute atomic E-state index is 13.8. The lowest BCUT2D eigenvalue weighted by Gasteiger charge is -2.39. The van der Waals surface area contributed by atoms with Crippen LogP contribution in [0.15, 0.2) is 30.3 Å². The first-order chi connectivity index (χ1) is 19.7. The molecule has 3 N–H and O–H groups in total. The summed E-state index contributed by atoms with van der Waals surface area (Å²) in [5, 5.41) is 8.74. The average Bonchev–Trinajstić information content (AvgIpc) is 3.81. The van der Waals surface area contributed by atoms with Crippen LogP contribution >= 0.6 is 0 Å².